The lowest BCUT2D eigenvalue weighted by atomic mass is 10.2. The van der Waals surface area contributed by atoms with Crippen molar-refractivity contribution in [1.82, 2.24) is 19.6 Å². The zero-order valence-electron chi connectivity index (χ0n) is 16.9. The maximum Gasteiger partial charge on any atom is 0.317 e. The number of carboxylic acids is 2. The van der Waals surface area contributed by atoms with Crippen LogP contribution in [0.4, 0.5) is 0 Å². The third-order valence-corrected chi connectivity index (χ3v) is 4.84. The summed E-state index contributed by atoms with van der Waals surface area (Å²) in [5, 5.41) is 28.1. The molecule has 0 radical (unpaired) electrons. The summed E-state index contributed by atoms with van der Waals surface area (Å²) in [5.74, 6) is -1.68. The van der Waals surface area contributed by atoms with Crippen LogP contribution in [0.5, 0.6) is 0 Å². The number of aliphatic carboxylic acids is 2. The van der Waals surface area contributed by atoms with E-state index >= 15 is 0 Å². The zero-order chi connectivity index (χ0) is 20.4. The average Bonchev–Trinajstić information content (AvgIpc) is 2.53. The predicted octanol–water partition coefficient (Wildman–Crippen LogP) is -0.834. The number of carbonyl (C=O) groups is 2. The molecule has 0 spiro atoms. The number of aliphatic hydroxyl groups is 1. The number of nitrogens with zero attached hydrogens (tertiary/aromatic N) is 4. The quantitative estimate of drug-likeness (QED) is 0.515. The Balaban J connectivity index is 2.87. The van der Waals surface area contributed by atoms with Gasteiger partial charge in [-0.3, -0.25) is 29.2 Å². The number of hydrogen-bond donors (Lipinski definition) is 3. The van der Waals surface area contributed by atoms with E-state index < -0.39 is 18.0 Å². The minimum atomic E-state index is -0.840. The Morgan fingerprint density at radius 2 is 1.11 bits per heavy atom. The molecule has 158 valence electrons. The average molecular weight is 389 g/mol. The number of β-amino-alcohol motifs (C(OH)–C–C–N with tert-alkyl or cyclic N) is 1. The van der Waals surface area contributed by atoms with Crippen LogP contribution >= 0.6 is 0 Å². The number of hydrogen-bond acceptors (Lipinski definition) is 7. The van der Waals surface area contributed by atoms with E-state index in [-0.39, 0.29) is 13.1 Å². The van der Waals surface area contributed by atoms with Gasteiger partial charge in [-0.15, -0.1) is 0 Å². The van der Waals surface area contributed by atoms with E-state index in [1.54, 1.807) is 6.92 Å². The molecule has 1 atom stereocenters. The minimum absolute atomic E-state index is 0.000404. The standard InChI is InChI=1S/C18H36N4O5/c1-15(2)22-10-8-20(13-17(24)25)6-4-19(12-16(3)23)5-7-21(9-11-22)14-18(26)27/h15-16,23H,4-14H2,1-3H3,(H,24,25)(H,26,27). The van der Waals surface area contributed by atoms with Crippen LogP contribution in [0, 0.1) is 0 Å². The maximum atomic E-state index is 11.2. The van der Waals surface area contributed by atoms with E-state index in [0.29, 0.717) is 51.9 Å². The van der Waals surface area contributed by atoms with Crippen LogP contribution in [0.15, 0.2) is 0 Å². The van der Waals surface area contributed by atoms with Crippen molar-refractivity contribution in [2.75, 3.05) is 72.0 Å². The second-order valence-corrected chi connectivity index (χ2v) is 7.62. The molecule has 27 heavy (non-hydrogen) atoms. The number of rotatable bonds is 7. The van der Waals surface area contributed by atoms with Crippen molar-refractivity contribution in [3.8, 4) is 0 Å². The van der Waals surface area contributed by atoms with Crippen LogP contribution in [0.2, 0.25) is 0 Å². The lowest BCUT2D eigenvalue weighted by Gasteiger charge is -2.35. The summed E-state index contributed by atoms with van der Waals surface area (Å²) in [6.07, 6.45) is -0.491. The molecule has 1 aliphatic heterocycles. The summed E-state index contributed by atoms with van der Waals surface area (Å²) >= 11 is 0. The Bertz CT molecular complexity index is 429. The van der Waals surface area contributed by atoms with Crippen molar-refractivity contribution in [2.45, 2.75) is 32.9 Å². The van der Waals surface area contributed by atoms with Gasteiger partial charge >= 0.3 is 11.9 Å². The highest BCUT2D eigenvalue weighted by molar-refractivity contribution is 5.69. The molecular formula is C18H36N4O5. The van der Waals surface area contributed by atoms with E-state index in [9.17, 15) is 24.9 Å². The first kappa shape index (κ1) is 23.8. The molecule has 1 unspecified atom stereocenters. The number of aliphatic hydroxyl groups excluding tert-OH is 1. The van der Waals surface area contributed by atoms with E-state index in [1.807, 2.05) is 9.80 Å². The lowest BCUT2D eigenvalue weighted by Crippen LogP contribution is -2.49. The molecule has 0 aromatic carbocycles. The summed E-state index contributed by atoms with van der Waals surface area (Å²) in [6.45, 7) is 11.6. The van der Waals surface area contributed by atoms with Crippen LogP contribution in [0.1, 0.15) is 20.8 Å². The van der Waals surface area contributed by atoms with Crippen molar-refractivity contribution in [3.05, 3.63) is 0 Å². The largest absolute Gasteiger partial charge is 0.480 e. The molecule has 1 saturated heterocycles. The molecule has 1 fully saturated rings. The summed E-state index contributed by atoms with van der Waals surface area (Å²) in [6, 6.07) is 0.304. The Morgan fingerprint density at radius 1 is 0.741 bits per heavy atom. The molecule has 3 N–H and O–H groups in total. The topological polar surface area (TPSA) is 108 Å². The van der Waals surface area contributed by atoms with Crippen LogP contribution in [0.3, 0.4) is 0 Å². The van der Waals surface area contributed by atoms with Gasteiger partial charge in [-0.2, -0.15) is 0 Å². The zero-order valence-corrected chi connectivity index (χ0v) is 16.9. The van der Waals surface area contributed by atoms with Gasteiger partial charge in [0.25, 0.3) is 0 Å². The van der Waals surface area contributed by atoms with Gasteiger partial charge in [0.1, 0.15) is 0 Å². The third kappa shape index (κ3) is 10.6. The Kier molecular flexibility index (Phi) is 10.8. The molecule has 0 aromatic rings. The second kappa shape index (κ2) is 12.2. The summed E-state index contributed by atoms with van der Waals surface area (Å²) in [4.78, 5) is 30.6. The summed E-state index contributed by atoms with van der Waals surface area (Å²) in [5.41, 5.74) is 0. The third-order valence-electron chi connectivity index (χ3n) is 4.84. The fourth-order valence-electron chi connectivity index (χ4n) is 3.32. The van der Waals surface area contributed by atoms with Gasteiger partial charge in [0.15, 0.2) is 0 Å². The molecular weight excluding hydrogens is 352 g/mol. The van der Waals surface area contributed by atoms with Crippen LogP contribution in [-0.2, 0) is 9.59 Å². The maximum absolute atomic E-state index is 11.2. The Morgan fingerprint density at radius 3 is 1.44 bits per heavy atom. The van der Waals surface area contributed by atoms with Crippen molar-refractivity contribution >= 4 is 11.9 Å². The first-order chi connectivity index (χ1) is 12.7. The monoisotopic (exact) mass is 388 g/mol. The molecule has 9 nitrogen and oxygen atoms in total. The van der Waals surface area contributed by atoms with Crippen molar-refractivity contribution in [3.63, 3.8) is 0 Å². The van der Waals surface area contributed by atoms with Crippen LogP contribution in [0.25, 0.3) is 0 Å². The predicted molar refractivity (Wildman–Crippen MR) is 103 cm³/mol. The van der Waals surface area contributed by atoms with Gasteiger partial charge in [-0.05, 0) is 20.8 Å². The van der Waals surface area contributed by atoms with Gasteiger partial charge in [0.05, 0.1) is 19.2 Å². The summed E-state index contributed by atoms with van der Waals surface area (Å²) < 4.78 is 0. The second-order valence-electron chi connectivity index (χ2n) is 7.62. The summed E-state index contributed by atoms with van der Waals surface area (Å²) in [7, 11) is 0. The highest BCUT2D eigenvalue weighted by atomic mass is 16.4. The Labute approximate surface area is 162 Å². The first-order valence-electron chi connectivity index (χ1n) is 9.70. The highest BCUT2D eigenvalue weighted by Crippen LogP contribution is 2.04. The lowest BCUT2D eigenvalue weighted by molar-refractivity contribution is -0.139. The molecule has 0 aliphatic carbocycles. The van der Waals surface area contributed by atoms with Crippen molar-refractivity contribution < 1.29 is 24.9 Å². The normalized spacial score (nSPS) is 21.5. The molecule has 1 heterocycles. The molecule has 0 aromatic heterocycles. The molecule has 0 saturated carbocycles. The minimum Gasteiger partial charge on any atom is -0.480 e. The van der Waals surface area contributed by atoms with E-state index in [2.05, 4.69) is 23.6 Å². The fraction of sp³-hybridized carbons (Fsp3) is 0.889. The van der Waals surface area contributed by atoms with E-state index in [0.717, 1.165) is 13.1 Å². The SMILES string of the molecule is CC(O)CN1CCN(CC(=O)O)CCN(C(C)C)CCN(CC(=O)O)CC1. The van der Waals surface area contributed by atoms with Crippen molar-refractivity contribution in [1.29, 1.82) is 0 Å². The van der Waals surface area contributed by atoms with E-state index in [1.165, 1.54) is 0 Å². The van der Waals surface area contributed by atoms with Gasteiger partial charge in [0.2, 0.25) is 0 Å². The first-order valence-corrected chi connectivity index (χ1v) is 9.70. The number of carboxylic acid groups (broad SMARTS) is 2. The van der Waals surface area contributed by atoms with E-state index in [4.69, 9.17) is 0 Å². The molecule has 1 aliphatic rings. The highest BCUT2D eigenvalue weighted by Gasteiger charge is 2.20. The molecule has 9 heteroatoms. The van der Waals surface area contributed by atoms with Crippen molar-refractivity contribution in [2.24, 2.45) is 0 Å². The molecule has 0 amide bonds. The Hall–Kier alpha value is -1.26. The molecule has 0 bridgehead atoms. The van der Waals surface area contributed by atoms with Gasteiger partial charge < -0.3 is 15.3 Å². The smallest absolute Gasteiger partial charge is 0.317 e. The molecule has 1 rings (SSSR count). The van der Waals surface area contributed by atoms with Gasteiger partial charge in [-0.1, -0.05) is 0 Å². The van der Waals surface area contributed by atoms with Gasteiger partial charge in [0, 0.05) is 64.9 Å². The van der Waals surface area contributed by atoms with Crippen LogP contribution < -0.4 is 0 Å². The van der Waals surface area contributed by atoms with Crippen LogP contribution in [-0.4, -0.2) is 131 Å². The fourth-order valence-corrected chi connectivity index (χ4v) is 3.32. The van der Waals surface area contributed by atoms with Gasteiger partial charge in [-0.25, -0.2) is 0 Å².